The normalized spacial score (nSPS) is 16.6. The molecule has 0 aromatic heterocycles. The molecule has 1 atom stereocenters. The number of para-hydroxylation sites is 2. The number of carbonyl (C=O) groups excluding carboxylic acids is 2. The van der Waals surface area contributed by atoms with E-state index in [0.717, 1.165) is 17.7 Å². The zero-order valence-electron chi connectivity index (χ0n) is 17.0. The van der Waals surface area contributed by atoms with E-state index in [0.29, 0.717) is 24.7 Å². The molecule has 1 unspecified atom stereocenters. The summed E-state index contributed by atoms with van der Waals surface area (Å²) in [6, 6.07) is 13.8. The highest BCUT2D eigenvalue weighted by atomic mass is 32.2. The summed E-state index contributed by atoms with van der Waals surface area (Å²) < 4.78 is 16.7. The molecular formula is C23H25NO5S. The molecule has 2 aliphatic rings. The summed E-state index contributed by atoms with van der Waals surface area (Å²) in [6.07, 6.45) is 3.18. The van der Waals surface area contributed by atoms with Crippen LogP contribution in [0.3, 0.4) is 0 Å². The highest BCUT2D eigenvalue weighted by Crippen LogP contribution is 2.31. The maximum absolute atomic E-state index is 12.3. The van der Waals surface area contributed by atoms with Gasteiger partial charge in [0.05, 0.1) is 12.3 Å². The quantitative estimate of drug-likeness (QED) is 0.500. The minimum Gasteiger partial charge on any atom is -0.486 e. The van der Waals surface area contributed by atoms with Crippen LogP contribution in [0, 0.1) is 0 Å². The molecule has 7 heteroatoms. The molecule has 0 spiro atoms. The number of fused-ring (bicyclic) bond motifs is 2. The third-order valence-electron chi connectivity index (χ3n) is 5.25. The lowest BCUT2D eigenvalue weighted by atomic mass is 10.1. The minimum atomic E-state index is -0.395. The molecule has 0 saturated heterocycles. The molecule has 4 rings (SSSR count). The van der Waals surface area contributed by atoms with Crippen molar-refractivity contribution in [1.82, 2.24) is 4.90 Å². The smallest absolute Gasteiger partial charge is 0.316 e. The van der Waals surface area contributed by atoms with Crippen LogP contribution in [-0.4, -0.2) is 55.4 Å². The van der Waals surface area contributed by atoms with Crippen LogP contribution >= 0.6 is 11.8 Å². The topological polar surface area (TPSA) is 65.1 Å². The lowest BCUT2D eigenvalue weighted by Crippen LogP contribution is -2.43. The molecule has 1 aliphatic heterocycles. The number of carbonyl (C=O) groups is 2. The van der Waals surface area contributed by atoms with Gasteiger partial charge in [0.1, 0.15) is 6.61 Å². The van der Waals surface area contributed by atoms with Crippen molar-refractivity contribution in [1.29, 1.82) is 0 Å². The summed E-state index contributed by atoms with van der Waals surface area (Å²) in [5.74, 6) is 0.899. The van der Waals surface area contributed by atoms with Gasteiger partial charge in [-0.2, -0.15) is 0 Å². The van der Waals surface area contributed by atoms with Crippen LogP contribution < -0.4 is 9.47 Å². The largest absolute Gasteiger partial charge is 0.486 e. The second-order valence-electron chi connectivity index (χ2n) is 7.51. The molecule has 0 N–H and O–H groups in total. The first-order chi connectivity index (χ1) is 14.6. The van der Waals surface area contributed by atoms with Crippen molar-refractivity contribution in [2.75, 3.05) is 32.6 Å². The second-order valence-corrected chi connectivity index (χ2v) is 8.55. The van der Waals surface area contributed by atoms with E-state index in [9.17, 15) is 9.59 Å². The number of benzene rings is 2. The zero-order chi connectivity index (χ0) is 20.9. The average Bonchev–Trinajstić information content (AvgIpc) is 3.23. The van der Waals surface area contributed by atoms with Crippen molar-refractivity contribution in [2.45, 2.75) is 30.3 Å². The monoisotopic (exact) mass is 427 g/mol. The number of nitrogens with zero attached hydrogens (tertiary/aromatic N) is 1. The Labute approximate surface area is 180 Å². The number of rotatable bonds is 7. The lowest BCUT2D eigenvalue weighted by Gasteiger charge is -2.29. The van der Waals surface area contributed by atoms with E-state index >= 15 is 0 Å². The number of aryl methyl sites for hydroxylation is 2. The lowest BCUT2D eigenvalue weighted by molar-refractivity contribution is -0.149. The van der Waals surface area contributed by atoms with Gasteiger partial charge in [-0.1, -0.05) is 18.2 Å². The van der Waals surface area contributed by atoms with Crippen LogP contribution in [0.1, 0.15) is 17.5 Å². The number of thioether (sulfide) groups is 1. The molecule has 0 radical (unpaired) electrons. The van der Waals surface area contributed by atoms with Gasteiger partial charge in [0, 0.05) is 11.9 Å². The summed E-state index contributed by atoms with van der Waals surface area (Å²) in [4.78, 5) is 26.9. The first-order valence-corrected chi connectivity index (χ1v) is 11.1. The van der Waals surface area contributed by atoms with E-state index in [1.165, 1.54) is 34.2 Å². The average molecular weight is 428 g/mol. The molecular weight excluding hydrogens is 402 g/mol. The van der Waals surface area contributed by atoms with Crippen LogP contribution in [0.15, 0.2) is 47.4 Å². The highest BCUT2D eigenvalue weighted by molar-refractivity contribution is 8.00. The molecule has 0 fully saturated rings. The van der Waals surface area contributed by atoms with Crippen LogP contribution in [0.25, 0.3) is 0 Å². The van der Waals surface area contributed by atoms with E-state index < -0.39 is 5.97 Å². The first-order valence-electron chi connectivity index (χ1n) is 10.1. The molecule has 0 saturated carbocycles. The summed E-state index contributed by atoms with van der Waals surface area (Å²) >= 11 is 1.44. The first kappa shape index (κ1) is 20.6. The number of amides is 1. The second kappa shape index (κ2) is 9.43. The summed E-state index contributed by atoms with van der Waals surface area (Å²) in [5.41, 5.74) is 2.79. The molecule has 2 aromatic rings. The fourth-order valence-electron chi connectivity index (χ4n) is 3.63. The van der Waals surface area contributed by atoms with Gasteiger partial charge in [-0.25, -0.2) is 0 Å². The van der Waals surface area contributed by atoms with Crippen LogP contribution in [0.4, 0.5) is 0 Å². The van der Waals surface area contributed by atoms with Crippen molar-refractivity contribution in [3.63, 3.8) is 0 Å². The Balaban J connectivity index is 1.18. The number of likely N-dealkylation sites (N-methyl/N-ethyl adjacent to an activating group) is 1. The number of hydrogen-bond donors (Lipinski definition) is 0. The van der Waals surface area contributed by atoms with Gasteiger partial charge in [-0.15, -0.1) is 11.8 Å². The predicted octanol–water partition coefficient (Wildman–Crippen LogP) is 3.11. The molecule has 0 bridgehead atoms. The van der Waals surface area contributed by atoms with Gasteiger partial charge in [0.15, 0.2) is 24.2 Å². The van der Waals surface area contributed by atoms with Crippen molar-refractivity contribution in [3.8, 4) is 11.5 Å². The Morgan fingerprint density at radius 2 is 1.93 bits per heavy atom. The van der Waals surface area contributed by atoms with E-state index in [-0.39, 0.29) is 24.4 Å². The predicted molar refractivity (Wildman–Crippen MR) is 114 cm³/mol. The Bertz CT molecular complexity index is 932. The van der Waals surface area contributed by atoms with Gasteiger partial charge in [-0.3, -0.25) is 9.59 Å². The summed E-state index contributed by atoms with van der Waals surface area (Å²) in [6.45, 7) is 0.449. The van der Waals surface area contributed by atoms with Gasteiger partial charge in [0.25, 0.3) is 5.91 Å². The van der Waals surface area contributed by atoms with E-state index in [1.54, 1.807) is 7.05 Å². The van der Waals surface area contributed by atoms with Crippen LogP contribution in [0.5, 0.6) is 11.5 Å². The Kier molecular flexibility index (Phi) is 6.47. The Morgan fingerprint density at radius 3 is 2.80 bits per heavy atom. The van der Waals surface area contributed by atoms with Crippen molar-refractivity contribution in [3.05, 3.63) is 53.6 Å². The van der Waals surface area contributed by atoms with Crippen molar-refractivity contribution >= 4 is 23.6 Å². The van der Waals surface area contributed by atoms with Crippen molar-refractivity contribution in [2.24, 2.45) is 0 Å². The molecule has 1 amide bonds. The summed E-state index contributed by atoms with van der Waals surface area (Å²) in [7, 11) is 1.67. The zero-order valence-corrected chi connectivity index (χ0v) is 17.8. The number of ether oxygens (including phenoxy) is 3. The highest BCUT2D eigenvalue weighted by Gasteiger charge is 2.24. The van der Waals surface area contributed by atoms with Gasteiger partial charge in [0.2, 0.25) is 0 Å². The van der Waals surface area contributed by atoms with Gasteiger partial charge < -0.3 is 19.1 Å². The van der Waals surface area contributed by atoms with Crippen LogP contribution in [-0.2, 0) is 27.2 Å². The number of hydrogen-bond acceptors (Lipinski definition) is 6. The fourth-order valence-corrected chi connectivity index (χ4v) is 4.39. The molecule has 2 aromatic carbocycles. The van der Waals surface area contributed by atoms with E-state index in [2.05, 4.69) is 12.1 Å². The third-order valence-corrected chi connectivity index (χ3v) is 6.22. The van der Waals surface area contributed by atoms with Crippen LogP contribution in [0.2, 0.25) is 0 Å². The molecule has 6 nitrogen and oxygen atoms in total. The van der Waals surface area contributed by atoms with Gasteiger partial charge in [-0.05, 0) is 54.7 Å². The Morgan fingerprint density at radius 1 is 1.13 bits per heavy atom. The summed E-state index contributed by atoms with van der Waals surface area (Å²) in [5, 5.41) is 0. The van der Waals surface area contributed by atoms with E-state index in [1.807, 2.05) is 30.3 Å². The Hall–Kier alpha value is -2.67. The third kappa shape index (κ3) is 5.08. The molecule has 158 valence electrons. The molecule has 1 heterocycles. The maximum Gasteiger partial charge on any atom is 0.316 e. The SMILES string of the molecule is CN(CC1COc2ccccc2O1)C(=O)COC(=O)CSc1ccc2c(c1)CCC2. The number of esters is 1. The molecule has 30 heavy (non-hydrogen) atoms. The van der Waals surface area contributed by atoms with Crippen molar-refractivity contribution < 1.29 is 23.8 Å². The minimum absolute atomic E-state index is 0.187. The van der Waals surface area contributed by atoms with Gasteiger partial charge >= 0.3 is 5.97 Å². The van der Waals surface area contributed by atoms with E-state index in [4.69, 9.17) is 14.2 Å². The molecule has 1 aliphatic carbocycles. The standard InChI is InChI=1S/C23H25NO5S/c1-24(12-18-13-27-20-7-2-3-8-21(20)29-18)22(25)14-28-23(26)15-30-19-10-9-16-5-4-6-17(16)11-19/h2-3,7-11,18H,4-6,12-15H2,1H3. The fraction of sp³-hybridized carbons (Fsp3) is 0.391. The maximum atomic E-state index is 12.3.